The molecule has 0 radical (unpaired) electrons. The van der Waals surface area contributed by atoms with Gasteiger partial charge in [-0.25, -0.2) is 0 Å². The third kappa shape index (κ3) is 4.43. The Kier molecular flexibility index (Phi) is 6.22. The van der Waals surface area contributed by atoms with E-state index in [9.17, 15) is 0 Å². The van der Waals surface area contributed by atoms with Gasteiger partial charge in [-0.1, -0.05) is 30.3 Å². The maximum atomic E-state index is 2.40. The van der Waals surface area contributed by atoms with E-state index in [0.717, 1.165) is 11.4 Å². The summed E-state index contributed by atoms with van der Waals surface area (Å²) in [6.45, 7) is 0. The van der Waals surface area contributed by atoms with Gasteiger partial charge < -0.3 is 0 Å². The average molecular weight is 601 g/mol. The number of benzene rings is 7. The van der Waals surface area contributed by atoms with Crippen LogP contribution in [0, 0.1) is 0 Å². The SMILES string of the molecule is c1ccc(-c2cccc(-c3cccc(N(c4ccccc4)c4ccc5[se]c6c7ccccc7ccc6c5c4)c3)c2)cc1. The van der Waals surface area contributed by atoms with Crippen molar-refractivity contribution in [2.24, 2.45) is 0 Å². The summed E-state index contributed by atoms with van der Waals surface area (Å²) >= 11 is 0.297. The van der Waals surface area contributed by atoms with E-state index in [1.54, 1.807) is 0 Å². The quantitative estimate of drug-likeness (QED) is 0.178. The molecule has 0 aliphatic carbocycles. The van der Waals surface area contributed by atoms with Gasteiger partial charge in [0.25, 0.3) is 0 Å². The van der Waals surface area contributed by atoms with Crippen LogP contribution in [-0.2, 0) is 0 Å². The molecule has 0 amide bonds. The average Bonchev–Trinajstić information content (AvgIpc) is 3.45. The first-order chi connectivity index (χ1) is 20.8. The Hall–Kier alpha value is -4.88. The van der Waals surface area contributed by atoms with E-state index in [0.29, 0.717) is 14.5 Å². The van der Waals surface area contributed by atoms with Gasteiger partial charge in [-0.3, -0.25) is 0 Å². The molecule has 1 aromatic heterocycles. The second-order valence-electron chi connectivity index (χ2n) is 10.6. The summed E-state index contributed by atoms with van der Waals surface area (Å²) < 4.78 is 2.95. The topological polar surface area (TPSA) is 3.24 Å². The monoisotopic (exact) mass is 601 g/mol. The normalized spacial score (nSPS) is 11.3. The van der Waals surface area contributed by atoms with Crippen LogP contribution in [0.2, 0.25) is 0 Å². The van der Waals surface area contributed by atoms with Gasteiger partial charge in [0, 0.05) is 0 Å². The molecule has 8 rings (SSSR count). The molecule has 0 aliphatic rings. The summed E-state index contributed by atoms with van der Waals surface area (Å²) in [4.78, 5) is 2.39. The first-order valence-corrected chi connectivity index (χ1v) is 16.0. The van der Waals surface area contributed by atoms with Crippen molar-refractivity contribution in [3.63, 3.8) is 0 Å². The van der Waals surface area contributed by atoms with Crippen molar-refractivity contribution in [2.75, 3.05) is 4.90 Å². The van der Waals surface area contributed by atoms with Crippen molar-refractivity contribution in [3.05, 3.63) is 164 Å². The summed E-state index contributed by atoms with van der Waals surface area (Å²) in [7, 11) is 0. The number of para-hydroxylation sites is 1. The van der Waals surface area contributed by atoms with E-state index in [4.69, 9.17) is 0 Å². The molecule has 0 unspecified atom stereocenters. The molecule has 0 saturated heterocycles. The van der Waals surface area contributed by atoms with E-state index in [1.165, 1.54) is 58.0 Å². The molecule has 198 valence electrons. The third-order valence-electron chi connectivity index (χ3n) is 8.02. The standard InChI is InChI=1S/C40H27NSe/c1-3-11-28(12-4-1)30-14-9-15-31(25-30)32-16-10-19-34(26-32)41(33-17-5-2-6-18-33)35-22-24-39-38(27-35)37-23-21-29-13-7-8-20-36(29)40(37)42-39/h1-27H. The fourth-order valence-electron chi connectivity index (χ4n) is 5.99. The number of rotatable bonds is 5. The van der Waals surface area contributed by atoms with Crippen LogP contribution < -0.4 is 4.90 Å². The van der Waals surface area contributed by atoms with Gasteiger partial charge in [-0.2, -0.15) is 0 Å². The maximum Gasteiger partial charge on any atom is -0.0544 e. The van der Waals surface area contributed by atoms with Crippen LogP contribution >= 0.6 is 0 Å². The van der Waals surface area contributed by atoms with E-state index in [-0.39, 0.29) is 0 Å². The van der Waals surface area contributed by atoms with Crippen LogP contribution in [0.15, 0.2) is 164 Å². The van der Waals surface area contributed by atoms with E-state index >= 15 is 0 Å². The fourth-order valence-corrected chi connectivity index (χ4v) is 8.55. The summed E-state index contributed by atoms with van der Waals surface area (Å²) in [6.07, 6.45) is 0. The molecule has 7 aromatic carbocycles. The van der Waals surface area contributed by atoms with Crippen molar-refractivity contribution in [1.29, 1.82) is 0 Å². The molecule has 42 heavy (non-hydrogen) atoms. The molecule has 0 N–H and O–H groups in total. The zero-order chi connectivity index (χ0) is 27.9. The molecule has 0 aliphatic heterocycles. The van der Waals surface area contributed by atoms with Gasteiger partial charge in [-0.05, 0) is 0 Å². The van der Waals surface area contributed by atoms with Crippen LogP contribution in [0.1, 0.15) is 0 Å². The molecule has 2 heteroatoms. The smallest absolute Gasteiger partial charge is 0.0544 e. The van der Waals surface area contributed by atoms with Crippen molar-refractivity contribution >= 4 is 61.6 Å². The van der Waals surface area contributed by atoms with Gasteiger partial charge in [0.05, 0.1) is 0 Å². The van der Waals surface area contributed by atoms with Crippen LogP contribution in [0.25, 0.3) is 52.3 Å². The minimum atomic E-state index is 0.297. The molecule has 0 bridgehead atoms. The van der Waals surface area contributed by atoms with Gasteiger partial charge >= 0.3 is 222 Å². The Balaban J connectivity index is 1.27. The van der Waals surface area contributed by atoms with Crippen molar-refractivity contribution in [1.82, 2.24) is 0 Å². The Morgan fingerprint density at radius 2 is 0.976 bits per heavy atom. The molecule has 8 aromatic rings. The van der Waals surface area contributed by atoms with Crippen LogP contribution in [0.3, 0.4) is 0 Å². The largest absolute Gasteiger partial charge is 0.0617 e. The Labute approximate surface area is 251 Å². The van der Waals surface area contributed by atoms with E-state index in [1.807, 2.05) is 0 Å². The minimum absolute atomic E-state index is 0.297. The second-order valence-corrected chi connectivity index (χ2v) is 12.8. The Morgan fingerprint density at radius 3 is 1.81 bits per heavy atom. The number of hydrogen-bond donors (Lipinski definition) is 0. The number of hydrogen-bond acceptors (Lipinski definition) is 1. The van der Waals surface area contributed by atoms with Gasteiger partial charge in [0.15, 0.2) is 0 Å². The summed E-state index contributed by atoms with van der Waals surface area (Å²) in [5.41, 5.74) is 8.34. The molecule has 0 fully saturated rings. The van der Waals surface area contributed by atoms with E-state index in [2.05, 4.69) is 169 Å². The molecule has 1 heterocycles. The van der Waals surface area contributed by atoms with Crippen LogP contribution in [-0.4, -0.2) is 14.5 Å². The van der Waals surface area contributed by atoms with Crippen LogP contribution in [0.5, 0.6) is 0 Å². The summed E-state index contributed by atoms with van der Waals surface area (Å²) in [6, 6.07) is 59.5. The van der Waals surface area contributed by atoms with Crippen LogP contribution in [0.4, 0.5) is 17.1 Å². The Morgan fingerprint density at radius 1 is 0.357 bits per heavy atom. The molecular formula is C40H27NSe. The molecule has 0 spiro atoms. The fraction of sp³-hybridized carbons (Fsp3) is 0. The van der Waals surface area contributed by atoms with Gasteiger partial charge in [0.2, 0.25) is 0 Å². The van der Waals surface area contributed by atoms with Crippen molar-refractivity contribution in [2.45, 2.75) is 0 Å². The summed E-state index contributed by atoms with van der Waals surface area (Å²) in [5.74, 6) is 0. The first kappa shape index (κ1) is 24.9. The second kappa shape index (κ2) is 10.5. The third-order valence-corrected chi connectivity index (χ3v) is 10.6. The zero-order valence-corrected chi connectivity index (χ0v) is 24.7. The maximum absolute atomic E-state index is 2.40. The van der Waals surface area contributed by atoms with Crippen molar-refractivity contribution in [3.8, 4) is 22.3 Å². The van der Waals surface area contributed by atoms with Gasteiger partial charge in [-0.15, -0.1) is 0 Å². The van der Waals surface area contributed by atoms with E-state index < -0.39 is 0 Å². The first-order valence-electron chi connectivity index (χ1n) is 14.3. The summed E-state index contributed by atoms with van der Waals surface area (Å²) in [5, 5.41) is 5.45. The Bertz CT molecular complexity index is 2200. The minimum Gasteiger partial charge on any atom is -0.0617 e. The molecule has 1 nitrogen and oxygen atoms in total. The molecule has 0 saturated carbocycles. The zero-order valence-electron chi connectivity index (χ0n) is 22.9. The van der Waals surface area contributed by atoms with Gasteiger partial charge in [0.1, 0.15) is 0 Å². The molecule has 0 atom stereocenters. The molecular weight excluding hydrogens is 573 g/mol. The van der Waals surface area contributed by atoms with Crippen molar-refractivity contribution < 1.29 is 0 Å². The predicted octanol–water partition coefficient (Wildman–Crippen LogP) is 11.0. The number of nitrogens with zero attached hydrogens (tertiary/aromatic N) is 1. The predicted molar refractivity (Wildman–Crippen MR) is 181 cm³/mol. The number of fused-ring (bicyclic) bond motifs is 5. The number of anilines is 3.